The lowest BCUT2D eigenvalue weighted by molar-refractivity contribution is 0.411. The minimum absolute atomic E-state index is 0.521. The summed E-state index contributed by atoms with van der Waals surface area (Å²) in [6.45, 7) is 1.92. The standard InChI is InChI=1S/C9H9O2/c1-7-3-4-8(6-10)5-9(7)11-2/h3-5H,1-2H3. The van der Waals surface area contributed by atoms with E-state index in [0.717, 1.165) is 11.3 Å². The van der Waals surface area contributed by atoms with Gasteiger partial charge in [-0.25, -0.2) is 0 Å². The largest absolute Gasteiger partial charge is 0.496 e. The highest BCUT2D eigenvalue weighted by Gasteiger charge is 1.98. The maximum Gasteiger partial charge on any atom is 0.233 e. The Kier molecular flexibility index (Phi) is 2.26. The molecule has 0 amide bonds. The second-order valence-corrected chi connectivity index (χ2v) is 2.29. The van der Waals surface area contributed by atoms with Crippen molar-refractivity contribution in [1.29, 1.82) is 0 Å². The smallest absolute Gasteiger partial charge is 0.233 e. The Hall–Kier alpha value is -1.31. The molecule has 0 aliphatic rings. The number of rotatable bonds is 2. The number of aryl methyl sites for hydroxylation is 1. The molecule has 0 saturated carbocycles. The molecular weight excluding hydrogens is 140 g/mol. The van der Waals surface area contributed by atoms with Crippen LogP contribution in [0, 0.1) is 6.92 Å². The zero-order valence-electron chi connectivity index (χ0n) is 6.55. The van der Waals surface area contributed by atoms with Crippen LogP contribution < -0.4 is 4.74 Å². The number of ether oxygens (including phenoxy) is 1. The second-order valence-electron chi connectivity index (χ2n) is 2.29. The van der Waals surface area contributed by atoms with Crippen molar-refractivity contribution >= 4 is 6.29 Å². The van der Waals surface area contributed by atoms with Gasteiger partial charge in [0.15, 0.2) is 0 Å². The van der Waals surface area contributed by atoms with E-state index in [2.05, 4.69) is 0 Å². The molecule has 0 aliphatic carbocycles. The fourth-order valence-corrected chi connectivity index (χ4v) is 0.883. The normalized spacial score (nSPS) is 9.27. The molecule has 11 heavy (non-hydrogen) atoms. The van der Waals surface area contributed by atoms with Gasteiger partial charge in [-0.1, -0.05) is 12.1 Å². The molecular formula is C9H9O2. The van der Waals surface area contributed by atoms with Gasteiger partial charge in [0.05, 0.1) is 7.11 Å². The number of hydrogen-bond donors (Lipinski definition) is 0. The molecule has 2 nitrogen and oxygen atoms in total. The van der Waals surface area contributed by atoms with Gasteiger partial charge in [-0.3, -0.25) is 4.79 Å². The molecule has 0 heterocycles. The summed E-state index contributed by atoms with van der Waals surface area (Å²) in [6, 6.07) is 5.21. The molecule has 0 atom stereocenters. The molecule has 1 radical (unpaired) electrons. The summed E-state index contributed by atoms with van der Waals surface area (Å²) in [4.78, 5) is 10.2. The van der Waals surface area contributed by atoms with E-state index >= 15 is 0 Å². The lowest BCUT2D eigenvalue weighted by Gasteiger charge is -2.02. The Labute approximate surface area is 65.8 Å². The summed E-state index contributed by atoms with van der Waals surface area (Å²) in [5, 5.41) is 0. The molecule has 0 aliphatic heterocycles. The van der Waals surface area contributed by atoms with Crippen molar-refractivity contribution in [3.63, 3.8) is 0 Å². The molecule has 0 unspecified atom stereocenters. The predicted octanol–water partition coefficient (Wildman–Crippen LogP) is 1.46. The molecule has 2 heteroatoms. The topological polar surface area (TPSA) is 26.3 Å². The van der Waals surface area contributed by atoms with E-state index in [1.54, 1.807) is 25.5 Å². The number of methoxy groups -OCH3 is 1. The molecule has 0 saturated heterocycles. The summed E-state index contributed by atoms with van der Waals surface area (Å²) in [5.74, 6) is 0.728. The Morgan fingerprint density at radius 3 is 2.73 bits per heavy atom. The van der Waals surface area contributed by atoms with E-state index in [0.29, 0.717) is 5.56 Å². The highest BCUT2D eigenvalue weighted by molar-refractivity contribution is 5.76. The number of carbonyl (C=O) groups excluding carboxylic acids is 1. The van der Waals surface area contributed by atoms with Gasteiger partial charge in [-0.15, -0.1) is 0 Å². The van der Waals surface area contributed by atoms with Crippen LogP contribution in [0.15, 0.2) is 18.2 Å². The molecule has 57 valence electrons. The fourth-order valence-electron chi connectivity index (χ4n) is 0.883. The lowest BCUT2D eigenvalue weighted by Crippen LogP contribution is -1.88. The van der Waals surface area contributed by atoms with Gasteiger partial charge in [0.2, 0.25) is 6.29 Å². The monoisotopic (exact) mass is 149 g/mol. The molecule has 0 aromatic heterocycles. The molecule has 0 bridgehead atoms. The van der Waals surface area contributed by atoms with Gasteiger partial charge in [0.1, 0.15) is 5.75 Å². The molecule has 0 spiro atoms. The maximum absolute atomic E-state index is 10.2. The predicted molar refractivity (Wildman–Crippen MR) is 42.5 cm³/mol. The van der Waals surface area contributed by atoms with Gasteiger partial charge < -0.3 is 4.74 Å². The summed E-state index contributed by atoms with van der Waals surface area (Å²) >= 11 is 0. The van der Waals surface area contributed by atoms with Crippen LogP contribution in [-0.4, -0.2) is 13.4 Å². The highest BCUT2D eigenvalue weighted by Crippen LogP contribution is 2.17. The van der Waals surface area contributed by atoms with Crippen LogP contribution in [0.1, 0.15) is 11.1 Å². The van der Waals surface area contributed by atoms with E-state index < -0.39 is 0 Å². The molecule has 0 fully saturated rings. The Bertz CT molecular complexity index is 266. The zero-order chi connectivity index (χ0) is 8.27. The van der Waals surface area contributed by atoms with Crippen molar-refractivity contribution < 1.29 is 9.53 Å². The third-order valence-corrected chi connectivity index (χ3v) is 1.53. The lowest BCUT2D eigenvalue weighted by atomic mass is 10.1. The van der Waals surface area contributed by atoms with Gasteiger partial charge in [-0.2, -0.15) is 0 Å². The minimum atomic E-state index is 0.521. The van der Waals surface area contributed by atoms with Crippen molar-refractivity contribution in [2.75, 3.05) is 7.11 Å². The molecule has 1 aromatic rings. The van der Waals surface area contributed by atoms with E-state index in [9.17, 15) is 4.79 Å². The van der Waals surface area contributed by atoms with Crippen molar-refractivity contribution in [2.24, 2.45) is 0 Å². The van der Waals surface area contributed by atoms with Gasteiger partial charge in [0.25, 0.3) is 0 Å². The minimum Gasteiger partial charge on any atom is -0.496 e. The average Bonchev–Trinajstić information content (AvgIpc) is 2.05. The number of hydrogen-bond acceptors (Lipinski definition) is 2. The van der Waals surface area contributed by atoms with Crippen LogP contribution >= 0.6 is 0 Å². The van der Waals surface area contributed by atoms with Crippen molar-refractivity contribution in [2.45, 2.75) is 6.92 Å². The van der Waals surface area contributed by atoms with Gasteiger partial charge in [0, 0.05) is 5.56 Å². The van der Waals surface area contributed by atoms with Crippen molar-refractivity contribution in [3.8, 4) is 5.75 Å². The zero-order valence-corrected chi connectivity index (χ0v) is 6.55. The van der Waals surface area contributed by atoms with Gasteiger partial charge >= 0.3 is 0 Å². The van der Waals surface area contributed by atoms with Crippen LogP contribution in [0.3, 0.4) is 0 Å². The molecule has 1 aromatic carbocycles. The van der Waals surface area contributed by atoms with E-state index in [1.807, 2.05) is 13.0 Å². The number of benzene rings is 1. The summed E-state index contributed by atoms with van der Waals surface area (Å²) in [5.41, 5.74) is 1.54. The first-order chi connectivity index (χ1) is 5.27. The third kappa shape index (κ3) is 1.58. The van der Waals surface area contributed by atoms with Crippen molar-refractivity contribution in [3.05, 3.63) is 29.3 Å². The van der Waals surface area contributed by atoms with E-state index in [1.165, 1.54) is 0 Å². The summed E-state index contributed by atoms with van der Waals surface area (Å²) in [6.07, 6.45) is 1.80. The Morgan fingerprint density at radius 2 is 2.18 bits per heavy atom. The summed E-state index contributed by atoms with van der Waals surface area (Å²) < 4.78 is 5.01. The summed E-state index contributed by atoms with van der Waals surface area (Å²) in [7, 11) is 1.58. The Balaban J connectivity index is 3.12. The van der Waals surface area contributed by atoms with Crippen LogP contribution in [0.25, 0.3) is 0 Å². The maximum atomic E-state index is 10.2. The highest BCUT2D eigenvalue weighted by atomic mass is 16.5. The first kappa shape index (κ1) is 7.79. The second kappa shape index (κ2) is 3.19. The van der Waals surface area contributed by atoms with Crippen LogP contribution in [-0.2, 0) is 4.79 Å². The van der Waals surface area contributed by atoms with Crippen LogP contribution in [0.5, 0.6) is 5.75 Å². The van der Waals surface area contributed by atoms with Gasteiger partial charge in [-0.05, 0) is 18.6 Å². The molecule has 1 rings (SSSR count). The van der Waals surface area contributed by atoms with Crippen LogP contribution in [0.2, 0.25) is 0 Å². The Morgan fingerprint density at radius 1 is 1.45 bits per heavy atom. The van der Waals surface area contributed by atoms with E-state index in [4.69, 9.17) is 4.74 Å². The van der Waals surface area contributed by atoms with Crippen molar-refractivity contribution in [1.82, 2.24) is 0 Å². The third-order valence-electron chi connectivity index (χ3n) is 1.53. The molecule has 0 N–H and O–H groups in total. The SMILES string of the molecule is COc1cc([C]=O)ccc1C. The quantitative estimate of drug-likeness (QED) is 0.636. The van der Waals surface area contributed by atoms with Crippen LogP contribution in [0.4, 0.5) is 0 Å². The average molecular weight is 149 g/mol. The first-order valence-corrected chi connectivity index (χ1v) is 3.30. The first-order valence-electron chi connectivity index (χ1n) is 3.30. The van der Waals surface area contributed by atoms with E-state index in [-0.39, 0.29) is 0 Å². The fraction of sp³-hybridized carbons (Fsp3) is 0.222.